The van der Waals surface area contributed by atoms with Gasteiger partial charge in [-0.1, -0.05) is 76.8 Å². The van der Waals surface area contributed by atoms with Gasteiger partial charge in [-0.15, -0.1) is 0 Å². The molecule has 0 fully saturated rings. The van der Waals surface area contributed by atoms with E-state index >= 15 is 0 Å². The minimum absolute atomic E-state index is 0.125. The quantitative estimate of drug-likeness (QED) is 0.167. The van der Waals surface area contributed by atoms with Gasteiger partial charge in [0.25, 0.3) is 5.79 Å². The molecule has 180 valence electrons. The average Bonchev–Trinajstić information content (AvgIpc) is 2.82. The van der Waals surface area contributed by atoms with Crippen LogP contribution in [0.25, 0.3) is 0 Å². The van der Waals surface area contributed by atoms with Crippen molar-refractivity contribution < 1.29 is 34.0 Å². The van der Waals surface area contributed by atoms with Gasteiger partial charge in [0.2, 0.25) is 0 Å². The summed E-state index contributed by atoms with van der Waals surface area (Å²) in [5, 5.41) is 15.2. The van der Waals surface area contributed by atoms with E-state index in [0.29, 0.717) is 12.2 Å². The molecule has 0 spiro atoms. The number of rotatable bonds is 16. The third-order valence-electron chi connectivity index (χ3n) is 4.36. The number of unbranched alkanes of at least 4 members (excludes halogenated alkanes) is 6. The first-order chi connectivity index (χ1) is 15.5. The lowest BCUT2D eigenvalue weighted by atomic mass is 10.0. The first kappa shape index (κ1) is 29.4. The zero-order valence-corrected chi connectivity index (χ0v) is 19.2. The Balaban J connectivity index is 0.00000220. The third-order valence-corrected chi connectivity index (χ3v) is 4.36. The number of esters is 2. The van der Waals surface area contributed by atoms with Crippen molar-refractivity contribution in [3.05, 3.63) is 55.6 Å². The van der Waals surface area contributed by atoms with Gasteiger partial charge < -0.3 is 24.4 Å². The van der Waals surface area contributed by atoms with Crippen LogP contribution in [0.1, 0.15) is 58.3 Å². The largest absolute Gasteiger partial charge is 0.454 e. The van der Waals surface area contributed by atoms with Crippen LogP contribution in [0.3, 0.4) is 0 Å². The van der Waals surface area contributed by atoms with Crippen molar-refractivity contribution in [2.75, 3.05) is 19.8 Å². The molecule has 0 saturated carbocycles. The van der Waals surface area contributed by atoms with Crippen LogP contribution in [0.4, 0.5) is 0 Å². The van der Waals surface area contributed by atoms with Crippen molar-refractivity contribution in [2.24, 2.45) is 0 Å². The van der Waals surface area contributed by atoms with E-state index in [-0.39, 0.29) is 19.8 Å². The maximum Gasteiger partial charge on any atom is 0.333 e. The van der Waals surface area contributed by atoms with E-state index in [1.165, 1.54) is 25.7 Å². The van der Waals surface area contributed by atoms with Crippen molar-refractivity contribution in [3.63, 3.8) is 0 Å². The highest BCUT2D eigenvalue weighted by molar-refractivity contribution is 5.82. The Morgan fingerprint density at radius 2 is 1.47 bits per heavy atom. The van der Waals surface area contributed by atoms with Gasteiger partial charge in [0.15, 0.2) is 6.61 Å². The van der Waals surface area contributed by atoms with Gasteiger partial charge in [-0.25, -0.2) is 9.59 Å². The van der Waals surface area contributed by atoms with Crippen molar-refractivity contribution in [2.45, 2.75) is 64.1 Å². The van der Waals surface area contributed by atoms with Crippen molar-refractivity contribution in [1.82, 2.24) is 0 Å². The topological polar surface area (TPSA) is 102 Å². The lowest BCUT2D eigenvalue weighted by molar-refractivity contribution is -0.215. The highest BCUT2D eigenvalue weighted by Gasteiger charge is 2.38. The van der Waals surface area contributed by atoms with Gasteiger partial charge in [0.05, 0.1) is 13.2 Å². The standard InChI is InChI=1S/C23H32O5.C2H6O2/c1-4-7-8-9-10-11-15-18-23(28-22(25)6-3,19-26-21(24)5-2)27-20-16-13-12-14-17-20;3-1-2-4/h5-6,12-14,16-17H,2-4,7-11,15,18-19H2,1H3;3-4H,1-2H2. The molecule has 0 heterocycles. The van der Waals surface area contributed by atoms with E-state index in [4.69, 9.17) is 24.4 Å². The number of carbonyl (C=O) groups is 2. The van der Waals surface area contributed by atoms with Crippen molar-refractivity contribution in [1.29, 1.82) is 0 Å². The van der Waals surface area contributed by atoms with Gasteiger partial charge >= 0.3 is 11.9 Å². The Kier molecular flexibility index (Phi) is 17.5. The molecule has 0 aromatic heterocycles. The summed E-state index contributed by atoms with van der Waals surface area (Å²) in [4.78, 5) is 23.5. The van der Waals surface area contributed by atoms with E-state index in [1.807, 2.05) is 18.2 Å². The molecule has 0 aliphatic rings. The zero-order valence-electron chi connectivity index (χ0n) is 19.2. The minimum atomic E-state index is -1.41. The van der Waals surface area contributed by atoms with Gasteiger partial charge in [-0.2, -0.15) is 0 Å². The second kappa shape index (κ2) is 19.1. The van der Waals surface area contributed by atoms with Crippen LogP contribution < -0.4 is 4.74 Å². The summed E-state index contributed by atoms with van der Waals surface area (Å²) in [6.07, 6.45) is 10.3. The molecule has 0 amide bonds. The van der Waals surface area contributed by atoms with E-state index in [1.54, 1.807) is 12.1 Å². The maximum absolute atomic E-state index is 12.0. The number of hydrogen-bond acceptors (Lipinski definition) is 7. The fourth-order valence-corrected chi connectivity index (χ4v) is 2.77. The van der Waals surface area contributed by atoms with Gasteiger partial charge in [0.1, 0.15) is 5.75 Å². The molecule has 7 heteroatoms. The van der Waals surface area contributed by atoms with Crippen LogP contribution in [-0.4, -0.2) is 47.8 Å². The molecule has 0 bridgehead atoms. The Labute approximate surface area is 191 Å². The smallest absolute Gasteiger partial charge is 0.333 e. The van der Waals surface area contributed by atoms with Crippen LogP contribution in [0, 0.1) is 0 Å². The number of hydrogen-bond donors (Lipinski definition) is 2. The Hall–Kier alpha value is -2.64. The molecule has 1 rings (SSSR count). The second-order valence-electron chi connectivity index (χ2n) is 7.08. The fraction of sp³-hybridized carbons (Fsp3) is 0.520. The van der Waals surface area contributed by atoms with Crippen molar-refractivity contribution in [3.8, 4) is 5.75 Å². The van der Waals surface area contributed by atoms with Crippen molar-refractivity contribution >= 4 is 11.9 Å². The highest BCUT2D eigenvalue weighted by Crippen LogP contribution is 2.27. The predicted molar refractivity (Wildman–Crippen MR) is 124 cm³/mol. The summed E-state index contributed by atoms with van der Waals surface area (Å²) in [7, 11) is 0. The highest BCUT2D eigenvalue weighted by atomic mass is 16.7. The number of ether oxygens (including phenoxy) is 3. The summed E-state index contributed by atoms with van der Waals surface area (Å²) < 4.78 is 16.7. The predicted octanol–water partition coefficient (Wildman–Crippen LogP) is 4.33. The Morgan fingerprint density at radius 1 is 0.906 bits per heavy atom. The van der Waals surface area contributed by atoms with Crippen LogP contribution in [0.5, 0.6) is 5.75 Å². The Bertz CT molecular complexity index is 643. The van der Waals surface area contributed by atoms with Crippen LogP contribution >= 0.6 is 0 Å². The third kappa shape index (κ3) is 14.4. The molecule has 1 aromatic rings. The van der Waals surface area contributed by atoms with E-state index in [9.17, 15) is 9.59 Å². The SMILES string of the molecule is C=CC(=O)OCC(CCCCCCCCC)(OC(=O)C=C)Oc1ccccc1.OCCO. The summed E-state index contributed by atoms with van der Waals surface area (Å²) in [6, 6.07) is 9.02. The summed E-state index contributed by atoms with van der Waals surface area (Å²) in [6.45, 7) is 8.56. The molecule has 0 saturated heterocycles. The lowest BCUT2D eigenvalue weighted by Gasteiger charge is -2.33. The molecule has 7 nitrogen and oxygen atoms in total. The van der Waals surface area contributed by atoms with Crippen LogP contribution in [0.15, 0.2) is 55.6 Å². The summed E-state index contributed by atoms with van der Waals surface area (Å²) >= 11 is 0. The molecular formula is C25H38O7. The van der Waals surface area contributed by atoms with Crippen LogP contribution in [-0.2, 0) is 19.1 Å². The normalized spacial score (nSPS) is 11.8. The second-order valence-corrected chi connectivity index (χ2v) is 7.08. The first-order valence-electron chi connectivity index (χ1n) is 11.1. The number of para-hydroxylation sites is 1. The monoisotopic (exact) mass is 450 g/mol. The molecule has 1 unspecified atom stereocenters. The van der Waals surface area contributed by atoms with Gasteiger partial charge in [0, 0.05) is 18.6 Å². The van der Waals surface area contributed by atoms with Gasteiger partial charge in [-0.05, 0) is 18.6 Å². The number of carbonyl (C=O) groups excluding carboxylic acids is 2. The zero-order chi connectivity index (χ0) is 24.1. The average molecular weight is 451 g/mol. The number of aliphatic hydroxyl groups is 2. The summed E-state index contributed by atoms with van der Waals surface area (Å²) in [5.74, 6) is -2.12. The number of benzene rings is 1. The molecular weight excluding hydrogens is 412 g/mol. The minimum Gasteiger partial charge on any atom is -0.454 e. The molecule has 32 heavy (non-hydrogen) atoms. The fourth-order valence-electron chi connectivity index (χ4n) is 2.77. The van der Waals surface area contributed by atoms with Crippen LogP contribution in [0.2, 0.25) is 0 Å². The molecule has 0 aliphatic heterocycles. The number of aliphatic hydroxyl groups excluding tert-OH is 2. The molecule has 0 radical (unpaired) electrons. The molecule has 1 atom stereocenters. The van der Waals surface area contributed by atoms with E-state index in [2.05, 4.69) is 20.1 Å². The lowest BCUT2D eigenvalue weighted by Crippen LogP contribution is -2.46. The van der Waals surface area contributed by atoms with E-state index in [0.717, 1.165) is 31.4 Å². The Morgan fingerprint density at radius 3 is 2.00 bits per heavy atom. The van der Waals surface area contributed by atoms with E-state index < -0.39 is 17.7 Å². The summed E-state index contributed by atoms with van der Waals surface area (Å²) in [5.41, 5.74) is 0. The molecule has 2 N–H and O–H groups in total. The molecule has 1 aromatic carbocycles. The first-order valence-corrected chi connectivity index (χ1v) is 11.1. The molecule has 0 aliphatic carbocycles. The maximum atomic E-state index is 12.0. The van der Waals surface area contributed by atoms with Gasteiger partial charge in [-0.3, -0.25) is 0 Å².